The molecule has 0 aliphatic rings. The molecule has 0 aliphatic carbocycles. The topological polar surface area (TPSA) is 41.1 Å². The van der Waals surface area contributed by atoms with Crippen molar-refractivity contribution in [1.82, 2.24) is 5.32 Å². The van der Waals surface area contributed by atoms with Gasteiger partial charge in [0.25, 0.3) is 0 Å². The van der Waals surface area contributed by atoms with Crippen molar-refractivity contribution in [2.75, 3.05) is 18.4 Å². The van der Waals surface area contributed by atoms with E-state index in [-0.39, 0.29) is 5.91 Å². The number of rotatable bonds is 6. The summed E-state index contributed by atoms with van der Waals surface area (Å²) in [5, 5.41) is 6.09. The van der Waals surface area contributed by atoms with Crippen molar-refractivity contribution in [3.8, 4) is 0 Å². The molecule has 2 N–H and O–H groups in total. The number of hydrogen-bond donors (Lipinski definition) is 2. The van der Waals surface area contributed by atoms with Crippen LogP contribution in [0.15, 0.2) is 30.3 Å². The van der Waals surface area contributed by atoms with Gasteiger partial charge in [-0.25, -0.2) is 0 Å². The lowest BCUT2D eigenvalue weighted by atomic mass is 10.2. The normalized spacial score (nSPS) is 10.2. The van der Waals surface area contributed by atoms with E-state index in [0.29, 0.717) is 18.9 Å². The van der Waals surface area contributed by atoms with Gasteiger partial charge in [0.15, 0.2) is 0 Å². The molecule has 0 saturated heterocycles. The van der Waals surface area contributed by atoms with Gasteiger partial charge in [0.05, 0.1) is 0 Å². The van der Waals surface area contributed by atoms with Gasteiger partial charge in [-0.05, 0) is 18.1 Å². The summed E-state index contributed by atoms with van der Waals surface area (Å²) in [5.41, 5.74) is 1.05. The first kappa shape index (κ1) is 12.6. The number of anilines is 1. The van der Waals surface area contributed by atoms with E-state index in [0.717, 1.165) is 12.2 Å². The molecule has 1 rings (SSSR count). The van der Waals surface area contributed by atoms with Crippen LogP contribution >= 0.6 is 0 Å². The molecular formula is C13H20N2O. The van der Waals surface area contributed by atoms with Crippen LogP contribution in [0, 0.1) is 5.92 Å². The van der Waals surface area contributed by atoms with Crippen molar-refractivity contribution in [1.29, 1.82) is 0 Å². The first-order chi connectivity index (χ1) is 7.68. The second kappa shape index (κ2) is 6.88. The maximum atomic E-state index is 11.4. The van der Waals surface area contributed by atoms with Gasteiger partial charge in [0, 0.05) is 25.2 Å². The van der Waals surface area contributed by atoms with Crippen LogP contribution in [0.5, 0.6) is 0 Å². The van der Waals surface area contributed by atoms with Crippen LogP contribution in [0.4, 0.5) is 5.69 Å². The van der Waals surface area contributed by atoms with E-state index >= 15 is 0 Å². The van der Waals surface area contributed by atoms with E-state index in [9.17, 15) is 4.79 Å². The quantitative estimate of drug-likeness (QED) is 0.772. The van der Waals surface area contributed by atoms with E-state index in [1.807, 2.05) is 30.3 Å². The van der Waals surface area contributed by atoms with E-state index in [1.54, 1.807) is 0 Å². The molecule has 1 aromatic rings. The molecule has 0 aromatic heterocycles. The number of carbonyl (C=O) groups is 1. The first-order valence-electron chi connectivity index (χ1n) is 5.74. The molecular weight excluding hydrogens is 200 g/mol. The zero-order valence-corrected chi connectivity index (χ0v) is 9.99. The second-order valence-corrected chi connectivity index (χ2v) is 4.24. The Kier molecular flexibility index (Phi) is 5.40. The third kappa shape index (κ3) is 5.39. The van der Waals surface area contributed by atoms with Crippen LogP contribution in [0.1, 0.15) is 20.3 Å². The van der Waals surface area contributed by atoms with Crippen LogP contribution < -0.4 is 10.6 Å². The lowest BCUT2D eigenvalue weighted by Crippen LogP contribution is -2.28. The van der Waals surface area contributed by atoms with Crippen LogP contribution in [0.3, 0.4) is 0 Å². The van der Waals surface area contributed by atoms with Crippen molar-refractivity contribution in [2.45, 2.75) is 20.3 Å². The summed E-state index contributed by atoms with van der Waals surface area (Å²) < 4.78 is 0. The fraction of sp³-hybridized carbons (Fsp3) is 0.462. The molecule has 0 fully saturated rings. The Bertz CT molecular complexity index is 309. The lowest BCUT2D eigenvalue weighted by Gasteiger charge is -2.08. The molecule has 0 spiro atoms. The Morgan fingerprint density at radius 2 is 1.94 bits per heavy atom. The maximum absolute atomic E-state index is 11.4. The molecule has 3 heteroatoms. The standard InChI is InChI=1S/C13H20N2O/c1-11(2)10-15-13(16)8-9-14-12-6-4-3-5-7-12/h3-7,11,14H,8-10H2,1-2H3,(H,15,16). The molecule has 0 radical (unpaired) electrons. The maximum Gasteiger partial charge on any atom is 0.221 e. The van der Waals surface area contributed by atoms with Gasteiger partial charge >= 0.3 is 0 Å². The van der Waals surface area contributed by atoms with Gasteiger partial charge in [-0.3, -0.25) is 4.79 Å². The molecule has 0 heterocycles. The van der Waals surface area contributed by atoms with E-state index < -0.39 is 0 Å². The summed E-state index contributed by atoms with van der Waals surface area (Å²) in [6.45, 7) is 5.60. The highest BCUT2D eigenvalue weighted by Crippen LogP contribution is 2.04. The molecule has 1 amide bonds. The van der Waals surface area contributed by atoms with Gasteiger partial charge < -0.3 is 10.6 Å². The summed E-state index contributed by atoms with van der Waals surface area (Å²) in [5.74, 6) is 0.614. The monoisotopic (exact) mass is 220 g/mol. The predicted octanol–water partition coefficient (Wildman–Crippen LogP) is 2.26. The molecule has 1 aromatic carbocycles. The molecule has 0 aliphatic heterocycles. The lowest BCUT2D eigenvalue weighted by molar-refractivity contribution is -0.120. The Morgan fingerprint density at radius 1 is 1.25 bits per heavy atom. The van der Waals surface area contributed by atoms with Gasteiger partial charge in [0.2, 0.25) is 5.91 Å². The third-order valence-corrected chi connectivity index (χ3v) is 2.16. The smallest absolute Gasteiger partial charge is 0.221 e. The Labute approximate surface area is 97.2 Å². The highest BCUT2D eigenvalue weighted by molar-refractivity contribution is 5.76. The van der Waals surface area contributed by atoms with Crippen LogP contribution in [-0.4, -0.2) is 19.0 Å². The summed E-state index contributed by atoms with van der Waals surface area (Å²) >= 11 is 0. The zero-order chi connectivity index (χ0) is 11.8. The summed E-state index contributed by atoms with van der Waals surface area (Å²) in [7, 11) is 0. The number of amides is 1. The summed E-state index contributed by atoms with van der Waals surface area (Å²) in [4.78, 5) is 11.4. The van der Waals surface area contributed by atoms with E-state index in [4.69, 9.17) is 0 Å². The number of carbonyl (C=O) groups excluding carboxylic acids is 1. The van der Waals surface area contributed by atoms with Crippen molar-refractivity contribution in [3.63, 3.8) is 0 Å². The predicted molar refractivity (Wildman–Crippen MR) is 67.4 cm³/mol. The van der Waals surface area contributed by atoms with Crippen molar-refractivity contribution in [3.05, 3.63) is 30.3 Å². The number of hydrogen-bond acceptors (Lipinski definition) is 2. The van der Waals surface area contributed by atoms with Gasteiger partial charge in [-0.2, -0.15) is 0 Å². The fourth-order valence-electron chi connectivity index (χ4n) is 1.28. The molecule has 0 saturated carbocycles. The summed E-state index contributed by atoms with van der Waals surface area (Å²) in [6.07, 6.45) is 0.515. The van der Waals surface area contributed by atoms with Gasteiger partial charge in [-0.15, -0.1) is 0 Å². The summed E-state index contributed by atoms with van der Waals surface area (Å²) in [6, 6.07) is 9.90. The molecule has 0 atom stereocenters. The average Bonchev–Trinajstić information content (AvgIpc) is 2.28. The Hall–Kier alpha value is -1.51. The minimum Gasteiger partial charge on any atom is -0.385 e. The zero-order valence-electron chi connectivity index (χ0n) is 9.99. The van der Waals surface area contributed by atoms with Crippen molar-refractivity contribution >= 4 is 11.6 Å². The highest BCUT2D eigenvalue weighted by Gasteiger charge is 2.01. The fourth-order valence-corrected chi connectivity index (χ4v) is 1.28. The number of benzene rings is 1. The molecule has 0 unspecified atom stereocenters. The highest BCUT2D eigenvalue weighted by atomic mass is 16.1. The number of nitrogens with one attached hydrogen (secondary N) is 2. The van der Waals surface area contributed by atoms with E-state index in [1.165, 1.54) is 0 Å². The average molecular weight is 220 g/mol. The molecule has 3 nitrogen and oxygen atoms in total. The number of para-hydroxylation sites is 1. The largest absolute Gasteiger partial charge is 0.385 e. The SMILES string of the molecule is CC(C)CNC(=O)CCNc1ccccc1. The van der Waals surface area contributed by atoms with Gasteiger partial charge in [0.1, 0.15) is 0 Å². The minimum atomic E-state index is 0.108. The van der Waals surface area contributed by atoms with Gasteiger partial charge in [-0.1, -0.05) is 32.0 Å². The molecule has 16 heavy (non-hydrogen) atoms. The van der Waals surface area contributed by atoms with Crippen LogP contribution in [-0.2, 0) is 4.79 Å². The van der Waals surface area contributed by atoms with Crippen LogP contribution in [0.25, 0.3) is 0 Å². The first-order valence-corrected chi connectivity index (χ1v) is 5.74. The minimum absolute atomic E-state index is 0.108. The molecule has 0 bridgehead atoms. The van der Waals surface area contributed by atoms with Crippen molar-refractivity contribution in [2.24, 2.45) is 5.92 Å². The Balaban J connectivity index is 2.13. The Morgan fingerprint density at radius 3 is 2.56 bits per heavy atom. The van der Waals surface area contributed by atoms with Crippen LogP contribution in [0.2, 0.25) is 0 Å². The second-order valence-electron chi connectivity index (χ2n) is 4.24. The van der Waals surface area contributed by atoms with Crippen molar-refractivity contribution < 1.29 is 4.79 Å². The molecule has 88 valence electrons. The third-order valence-electron chi connectivity index (χ3n) is 2.16. The van der Waals surface area contributed by atoms with E-state index in [2.05, 4.69) is 24.5 Å².